The van der Waals surface area contributed by atoms with E-state index in [4.69, 9.17) is 9.47 Å². The van der Waals surface area contributed by atoms with Gasteiger partial charge < -0.3 is 9.47 Å². The van der Waals surface area contributed by atoms with Gasteiger partial charge in [-0.2, -0.15) is 0 Å². The van der Waals surface area contributed by atoms with Gasteiger partial charge in [-0.3, -0.25) is 0 Å². The molecule has 0 bridgehead atoms. The van der Waals surface area contributed by atoms with E-state index in [1.54, 1.807) is 12.1 Å². The van der Waals surface area contributed by atoms with Gasteiger partial charge in [0.15, 0.2) is 0 Å². The van der Waals surface area contributed by atoms with Crippen LogP contribution in [-0.2, 0) is 16.7 Å². The number of halogens is 1. The third-order valence-corrected chi connectivity index (χ3v) is 3.48. The quantitative estimate of drug-likeness (QED) is 0.613. The van der Waals surface area contributed by atoms with Crippen molar-refractivity contribution in [3.8, 4) is 5.75 Å². The molecule has 0 atom stereocenters. The summed E-state index contributed by atoms with van der Waals surface area (Å²) in [5.41, 5.74) is 2.50. The lowest BCUT2D eigenvalue weighted by Gasteiger charge is -2.10. The molecule has 20 heavy (non-hydrogen) atoms. The molecule has 4 heteroatoms. The maximum Gasteiger partial charge on any atom is 0.338 e. The molecule has 0 unspecified atom stereocenters. The van der Waals surface area contributed by atoms with Crippen LogP contribution in [0.4, 0.5) is 0 Å². The van der Waals surface area contributed by atoms with Crippen LogP contribution >= 0.6 is 15.9 Å². The van der Waals surface area contributed by atoms with Gasteiger partial charge in [0.25, 0.3) is 0 Å². The van der Waals surface area contributed by atoms with Gasteiger partial charge in [0.1, 0.15) is 12.4 Å². The van der Waals surface area contributed by atoms with Crippen molar-refractivity contribution < 1.29 is 14.3 Å². The van der Waals surface area contributed by atoms with E-state index < -0.39 is 0 Å². The van der Waals surface area contributed by atoms with Crippen LogP contribution in [0.3, 0.4) is 0 Å². The Bertz CT molecular complexity index is 582. The van der Waals surface area contributed by atoms with E-state index in [-0.39, 0.29) is 5.97 Å². The highest BCUT2D eigenvalue weighted by Gasteiger charge is 2.12. The molecule has 2 rings (SSSR count). The van der Waals surface area contributed by atoms with Crippen LogP contribution < -0.4 is 4.74 Å². The Morgan fingerprint density at radius 2 is 1.90 bits per heavy atom. The van der Waals surface area contributed by atoms with Crippen LogP contribution in [-0.4, -0.2) is 13.1 Å². The maximum absolute atomic E-state index is 11.6. The average Bonchev–Trinajstić information content (AvgIpc) is 2.52. The van der Waals surface area contributed by atoms with Crippen molar-refractivity contribution in [3.63, 3.8) is 0 Å². The number of methoxy groups -OCH3 is 1. The zero-order chi connectivity index (χ0) is 14.4. The number of hydrogen-bond donors (Lipinski definition) is 0. The Morgan fingerprint density at radius 3 is 2.55 bits per heavy atom. The van der Waals surface area contributed by atoms with Crippen LogP contribution in [0.5, 0.6) is 5.75 Å². The fraction of sp³-hybridized carbons (Fsp3) is 0.188. The first-order valence-electron chi connectivity index (χ1n) is 6.18. The largest absolute Gasteiger partial charge is 0.489 e. The molecule has 104 valence electrons. The number of hydrogen-bond acceptors (Lipinski definition) is 3. The third kappa shape index (κ3) is 3.61. The van der Waals surface area contributed by atoms with Crippen molar-refractivity contribution in [1.29, 1.82) is 0 Å². The Morgan fingerprint density at radius 1 is 1.15 bits per heavy atom. The summed E-state index contributed by atoms with van der Waals surface area (Å²) in [7, 11) is 1.38. The molecule has 0 heterocycles. The first-order chi connectivity index (χ1) is 9.74. The van der Waals surface area contributed by atoms with Crippen molar-refractivity contribution in [3.05, 3.63) is 65.2 Å². The fourth-order valence-corrected chi connectivity index (χ4v) is 2.28. The zero-order valence-electron chi connectivity index (χ0n) is 11.1. The summed E-state index contributed by atoms with van der Waals surface area (Å²) in [5, 5.41) is 0.569. The number of ether oxygens (including phenoxy) is 2. The molecule has 2 aromatic rings. The average molecular weight is 335 g/mol. The molecule has 0 amide bonds. The standard InChI is InChI=1S/C16H15BrO3/c1-19-16(18)15-8-7-14(9-13(15)10-17)20-11-12-5-3-2-4-6-12/h2-9H,10-11H2,1H3. The number of rotatable bonds is 5. The Kier molecular flexibility index (Phi) is 5.18. The van der Waals surface area contributed by atoms with Crippen LogP contribution in [0, 0.1) is 0 Å². The van der Waals surface area contributed by atoms with E-state index >= 15 is 0 Å². The van der Waals surface area contributed by atoms with Crippen molar-refractivity contribution >= 4 is 21.9 Å². The first-order valence-corrected chi connectivity index (χ1v) is 7.30. The second-order valence-corrected chi connectivity index (χ2v) is 4.78. The lowest BCUT2D eigenvalue weighted by molar-refractivity contribution is 0.0600. The van der Waals surface area contributed by atoms with Crippen molar-refractivity contribution in [2.45, 2.75) is 11.9 Å². The summed E-state index contributed by atoms with van der Waals surface area (Å²) in [6.45, 7) is 0.500. The smallest absolute Gasteiger partial charge is 0.338 e. The van der Waals surface area contributed by atoms with E-state index in [2.05, 4.69) is 15.9 Å². The summed E-state index contributed by atoms with van der Waals surface area (Å²) in [6.07, 6.45) is 0. The van der Waals surface area contributed by atoms with Gasteiger partial charge in [0.2, 0.25) is 0 Å². The summed E-state index contributed by atoms with van der Waals surface area (Å²) in [6, 6.07) is 15.3. The van der Waals surface area contributed by atoms with Crippen molar-refractivity contribution in [2.24, 2.45) is 0 Å². The molecule has 0 aliphatic heterocycles. The molecule has 0 fully saturated rings. The zero-order valence-corrected chi connectivity index (χ0v) is 12.7. The van der Waals surface area contributed by atoms with Crippen LogP contribution in [0.15, 0.2) is 48.5 Å². The van der Waals surface area contributed by atoms with Gasteiger partial charge in [-0.05, 0) is 29.3 Å². The van der Waals surface area contributed by atoms with Gasteiger partial charge >= 0.3 is 5.97 Å². The molecule has 2 aromatic carbocycles. The van der Waals surface area contributed by atoms with Crippen LogP contribution in [0.1, 0.15) is 21.5 Å². The molecule has 0 aliphatic carbocycles. The summed E-state index contributed by atoms with van der Waals surface area (Å²) in [4.78, 5) is 11.6. The summed E-state index contributed by atoms with van der Waals surface area (Å²) in [5.74, 6) is 0.394. The molecule has 0 radical (unpaired) electrons. The SMILES string of the molecule is COC(=O)c1ccc(OCc2ccccc2)cc1CBr. The number of alkyl halides is 1. The third-order valence-electron chi connectivity index (χ3n) is 2.87. The summed E-state index contributed by atoms with van der Waals surface area (Å²) < 4.78 is 10.5. The molecule has 0 spiro atoms. The molecule has 0 saturated heterocycles. The highest BCUT2D eigenvalue weighted by Crippen LogP contribution is 2.22. The van der Waals surface area contributed by atoms with Crippen molar-refractivity contribution in [1.82, 2.24) is 0 Å². The minimum atomic E-state index is -0.339. The van der Waals surface area contributed by atoms with Gasteiger partial charge in [0.05, 0.1) is 12.7 Å². The van der Waals surface area contributed by atoms with Gasteiger partial charge in [-0.1, -0.05) is 46.3 Å². The molecule has 3 nitrogen and oxygen atoms in total. The number of carbonyl (C=O) groups is 1. The summed E-state index contributed by atoms with van der Waals surface area (Å²) >= 11 is 3.37. The van der Waals surface area contributed by atoms with E-state index in [0.29, 0.717) is 17.5 Å². The minimum absolute atomic E-state index is 0.339. The highest BCUT2D eigenvalue weighted by molar-refractivity contribution is 9.08. The van der Waals surface area contributed by atoms with E-state index in [1.165, 1.54) is 7.11 Å². The molecule has 0 aromatic heterocycles. The van der Waals surface area contributed by atoms with Gasteiger partial charge in [0, 0.05) is 5.33 Å². The minimum Gasteiger partial charge on any atom is -0.489 e. The number of benzene rings is 2. The Balaban J connectivity index is 2.12. The van der Waals surface area contributed by atoms with Crippen LogP contribution in [0.2, 0.25) is 0 Å². The maximum atomic E-state index is 11.6. The first kappa shape index (κ1) is 14.6. The Hall–Kier alpha value is -1.81. The lowest BCUT2D eigenvalue weighted by atomic mass is 10.1. The Labute approximate surface area is 126 Å². The topological polar surface area (TPSA) is 35.5 Å². The van der Waals surface area contributed by atoms with Crippen LogP contribution in [0.25, 0.3) is 0 Å². The molecular weight excluding hydrogens is 320 g/mol. The van der Waals surface area contributed by atoms with E-state index in [9.17, 15) is 4.79 Å². The molecule has 0 saturated carbocycles. The van der Waals surface area contributed by atoms with Gasteiger partial charge in [-0.25, -0.2) is 4.79 Å². The predicted molar refractivity (Wildman–Crippen MR) is 81.2 cm³/mol. The molecule has 0 N–H and O–H groups in total. The number of esters is 1. The normalized spacial score (nSPS) is 10.1. The van der Waals surface area contributed by atoms with Gasteiger partial charge in [-0.15, -0.1) is 0 Å². The molecule has 0 aliphatic rings. The predicted octanol–water partition coefficient (Wildman–Crippen LogP) is 3.95. The monoisotopic (exact) mass is 334 g/mol. The van der Waals surface area contributed by atoms with E-state index in [0.717, 1.165) is 16.9 Å². The van der Waals surface area contributed by atoms with E-state index in [1.807, 2.05) is 36.4 Å². The molecular formula is C16H15BrO3. The number of carbonyl (C=O) groups excluding carboxylic acids is 1. The highest BCUT2D eigenvalue weighted by atomic mass is 79.9. The second-order valence-electron chi connectivity index (χ2n) is 4.22. The fourth-order valence-electron chi connectivity index (χ4n) is 1.82. The second kappa shape index (κ2) is 7.10. The lowest BCUT2D eigenvalue weighted by Crippen LogP contribution is -2.05. The van der Waals surface area contributed by atoms with Crippen molar-refractivity contribution in [2.75, 3.05) is 7.11 Å².